The van der Waals surface area contributed by atoms with Crippen LogP contribution in [0.1, 0.15) is 29.5 Å². The summed E-state index contributed by atoms with van der Waals surface area (Å²) in [5.41, 5.74) is -0.635. The second kappa shape index (κ2) is 5.67. The lowest BCUT2D eigenvalue weighted by molar-refractivity contribution is 0.0516. The van der Waals surface area contributed by atoms with Gasteiger partial charge in [0, 0.05) is 4.47 Å². The van der Waals surface area contributed by atoms with E-state index in [4.69, 9.17) is 4.74 Å². The van der Waals surface area contributed by atoms with Crippen molar-refractivity contribution < 1.29 is 18.3 Å². The maximum Gasteiger partial charge on any atom is 0.358 e. The van der Waals surface area contributed by atoms with E-state index in [0.29, 0.717) is 8.95 Å². The number of hydrogen-bond donors (Lipinski definition) is 0. The van der Waals surface area contributed by atoms with Crippen LogP contribution in [0.25, 0.3) is 0 Å². The van der Waals surface area contributed by atoms with Gasteiger partial charge in [0.15, 0.2) is 5.69 Å². The Bertz CT molecular complexity index is 413. The number of ether oxygens (including phenoxy) is 1. The van der Waals surface area contributed by atoms with Gasteiger partial charge in [-0.3, -0.25) is 0 Å². The number of rotatable bonds is 3. The maximum atomic E-state index is 12.5. The van der Waals surface area contributed by atoms with E-state index in [1.165, 1.54) is 0 Å². The Morgan fingerprint density at radius 1 is 1.56 bits per heavy atom. The van der Waals surface area contributed by atoms with Gasteiger partial charge in [-0.2, -0.15) is 0 Å². The first-order valence-corrected chi connectivity index (χ1v) is 5.87. The first-order valence-electron chi connectivity index (χ1n) is 4.28. The first kappa shape index (κ1) is 13.5. The summed E-state index contributed by atoms with van der Waals surface area (Å²) in [5, 5.41) is 0. The summed E-state index contributed by atoms with van der Waals surface area (Å²) in [6.45, 7) is 1.78. The fourth-order valence-corrected chi connectivity index (χ4v) is 1.75. The summed E-state index contributed by atoms with van der Waals surface area (Å²) in [6, 6.07) is 1.15. The van der Waals surface area contributed by atoms with Gasteiger partial charge >= 0.3 is 5.97 Å². The van der Waals surface area contributed by atoms with Gasteiger partial charge < -0.3 is 4.74 Å². The molecule has 1 heterocycles. The number of esters is 1. The minimum atomic E-state index is -2.74. The van der Waals surface area contributed by atoms with Gasteiger partial charge in [-0.15, -0.1) is 0 Å². The van der Waals surface area contributed by atoms with Gasteiger partial charge in [-0.25, -0.2) is 18.6 Å². The fraction of sp³-hybridized carbons (Fsp3) is 0.333. The SMILES string of the molecule is CCOC(=O)c1nc(C(F)F)cc(Br)c1Br. The maximum absolute atomic E-state index is 12.5. The van der Waals surface area contributed by atoms with Crippen molar-refractivity contribution in [3.05, 3.63) is 26.4 Å². The Balaban J connectivity index is 3.21. The number of pyridine rings is 1. The second-order valence-corrected chi connectivity index (χ2v) is 4.36. The van der Waals surface area contributed by atoms with Crippen molar-refractivity contribution in [2.45, 2.75) is 13.3 Å². The van der Waals surface area contributed by atoms with Crippen LogP contribution in [0.4, 0.5) is 8.78 Å². The van der Waals surface area contributed by atoms with Crippen molar-refractivity contribution in [1.82, 2.24) is 4.98 Å². The molecule has 3 nitrogen and oxygen atoms in total. The fourth-order valence-electron chi connectivity index (χ4n) is 0.963. The van der Waals surface area contributed by atoms with Gasteiger partial charge in [0.1, 0.15) is 5.69 Å². The molecule has 0 aliphatic rings. The predicted molar refractivity (Wildman–Crippen MR) is 60.6 cm³/mol. The third-order valence-corrected chi connectivity index (χ3v) is 3.59. The average Bonchev–Trinajstić information content (AvgIpc) is 2.21. The van der Waals surface area contributed by atoms with Crippen LogP contribution in [-0.2, 0) is 4.74 Å². The number of halogens is 4. The Morgan fingerprint density at radius 3 is 2.69 bits per heavy atom. The summed E-state index contributed by atoms with van der Waals surface area (Å²) in [6.07, 6.45) is -2.74. The number of hydrogen-bond acceptors (Lipinski definition) is 3. The molecule has 0 saturated carbocycles. The van der Waals surface area contributed by atoms with Crippen molar-refractivity contribution in [2.24, 2.45) is 0 Å². The largest absolute Gasteiger partial charge is 0.461 e. The number of aromatic nitrogens is 1. The summed E-state index contributed by atoms with van der Waals surface area (Å²) >= 11 is 6.14. The molecular weight excluding hydrogens is 352 g/mol. The molecule has 0 unspecified atom stereocenters. The topological polar surface area (TPSA) is 39.2 Å². The van der Waals surface area contributed by atoms with Crippen LogP contribution in [0.3, 0.4) is 0 Å². The molecule has 0 aliphatic carbocycles. The highest BCUT2D eigenvalue weighted by Gasteiger charge is 2.20. The van der Waals surface area contributed by atoms with Crippen LogP contribution >= 0.6 is 31.9 Å². The molecule has 0 saturated heterocycles. The lowest BCUT2D eigenvalue weighted by Gasteiger charge is -2.07. The molecule has 0 aliphatic heterocycles. The van der Waals surface area contributed by atoms with E-state index < -0.39 is 18.1 Å². The molecule has 88 valence electrons. The molecule has 0 atom stereocenters. The zero-order valence-corrected chi connectivity index (χ0v) is 11.3. The molecule has 0 amide bonds. The van der Waals surface area contributed by atoms with E-state index in [0.717, 1.165) is 6.07 Å². The Morgan fingerprint density at radius 2 is 2.19 bits per heavy atom. The molecule has 0 radical (unpaired) electrons. The average molecular weight is 359 g/mol. The number of carbonyl (C=O) groups excluding carboxylic acids is 1. The summed E-state index contributed by atoms with van der Waals surface area (Å²) in [4.78, 5) is 15.0. The van der Waals surface area contributed by atoms with Crippen LogP contribution in [0.5, 0.6) is 0 Å². The minimum Gasteiger partial charge on any atom is -0.461 e. The van der Waals surface area contributed by atoms with E-state index in [1.54, 1.807) is 6.92 Å². The van der Waals surface area contributed by atoms with Crippen molar-refractivity contribution >= 4 is 37.8 Å². The molecule has 1 rings (SSSR count). The summed E-state index contributed by atoms with van der Waals surface area (Å²) in [5.74, 6) is -0.738. The highest BCUT2D eigenvalue weighted by molar-refractivity contribution is 9.13. The Kier molecular flexibility index (Phi) is 4.79. The minimum absolute atomic E-state index is 0.156. The molecule has 1 aromatic rings. The van der Waals surface area contributed by atoms with E-state index in [-0.39, 0.29) is 12.3 Å². The van der Waals surface area contributed by atoms with E-state index >= 15 is 0 Å². The highest BCUT2D eigenvalue weighted by atomic mass is 79.9. The first-order chi connectivity index (χ1) is 7.47. The van der Waals surface area contributed by atoms with Crippen molar-refractivity contribution in [2.75, 3.05) is 6.61 Å². The van der Waals surface area contributed by atoms with Crippen molar-refractivity contribution in [3.8, 4) is 0 Å². The molecule has 7 heteroatoms. The standard InChI is InChI=1S/C9H7Br2F2NO2/c1-2-16-9(15)7-6(11)4(10)3-5(14-7)8(12)13/h3,8H,2H2,1H3. The quantitative estimate of drug-likeness (QED) is 0.773. The zero-order valence-electron chi connectivity index (χ0n) is 8.14. The van der Waals surface area contributed by atoms with Crippen LogP contribution in [0.2, 0.25) is 0 Å². The van der Waals surface area contributed by atoms with Crippen LogP contribution in [0, 0.1) is 0 Å². The molecular formula is C9H7Br2F2NO2. The van der Waals surface area contributed by atoms with E-state index in [1.807, 2.05) is 0 Å². The zero-order chi connectivity index (χ0) is 12.3. The monoisotopic (exact) mass is 357 g/mol. The lowest BCUT2D eigenvalue weighted by atomic mass is 10.3. The normalized spacial score (nSPS) is 10.6. The molecule has 0 aromatic carbocycles. The van der Waals surface area contributed by atoms with Gasteiger partial charge in [0.25, 0.3) is 6.43 Å². The summed E-state index contributed by atoms with van der Waals surface area (Å²) < 4.78 is 30.3. The third-order valence-electron chi connectivity index (χ3n) is 1.63. The molecule has 0 fully saturated rings. The number of carbonyl (C=O) groups is 1. The molecule has 0 N–H and O–H groups in total. The number of nitrogens with zero attached hydrogens (tertiary/aromatic N) is 1. The lowest BCUT2D eigenvalue weighted by Crippen LogP contribution is -2.10. The molecule has 1 aromatic heterocycles. The third kappa shape index (κ3) is 2.98. The predicted octanol–water partition coefficient (Wildman–Crippen LogP) is 3.72. The molecule has 0 spiro atoms. The van der Waals surface area contributed by atoms with Crippen LogP contribution in [-0.4, -0.2) is 17.6 Å². The van der Waals surface area contributed by atoms with Gasteiger partial charge in [-0.05, 0) is 44.8 Å². The van der Waals surface area contributed by atoms with Crippen LogP contribution < -0.4 is 0 Å². The molecule has 0 bridgehead atoms. The smallest absolute Gasteiger partial charge is 0.358 e. The number of alkyl halides is 2. The van der Waals surface area contributed by atoms with Crippen LogP contribution in [0.15, 0.2) is 15.0 Å². The van der Waals surface area contributed by atoms with Crippen molar-refractivity contribution in [1.29, 1.82) is 0 Å². The van der Waals surface area contributed by atoms with Gasteiger partial charge in [-0.1, -0.05) is 0 Å². The Hall–Kier alpha value is -0.560. The summed E-state index contributed by atoms with van der Waals surface area (Å²) in [7, 11) is 0. The van der Waals surface area contributed by atoms with Crippen molar-refractivity contribution in [3.63, 3.8) is 0 Å². The van der Waals surface area contributed by atoms with Gasteiger partial charge in [0.05, 0.1) is 11.1 Å². The second-order valence-electron chi connectivity index (χ2n) is 2.71. The van der Waals surface area contributed by atoms with Gasteiger partial charge in [0.2, 0.25) is 0 Å². The molecule has 16 heavy (non-hydrogen) atoms. The highest BCUT2D eigenvalue weighted by Crippen LogP contribution is 2.30. The van der Waals surface area contributed by atoms with E-state index in [9.17, 15) is 13.6 Å². The van der Waals surface area contributed by atoms with E-state index in [2.05, 4.69) is 36.8 Å². The Labute approximate surface area is 107 Å².